The van der Waals surface area contributed by atoms with Crippen LogP contribution < -0.4 is 0 Å². The van der Waals surface area contributed by atoms with Crippen LogP contribution in [0.5, 0.6) is 0 Å². The fraction of sp³-hybridized carbons (Fsp3) is 0.375. The second-order valence-corrected chi connectivity index (χ2v) is 5.90. The molecule has 6 heteroatoms. The summed E-state index contributed by atoms with van der Waals surface area (Å²) in [4.78, 5) is 2.30. The summed E-state index contributed by atoms with van der Waals surface area (Å²) in [5.74, 6) is 0. The maximum absolute atomic E-state index is 6.49. The van der Waals surface area contributed by atoms with Gasteiger partial charge in [0.15, 0.2) is 0 Å². The van der Waals surface area contributed by atoms with Crippen LogP contribution in [0.25, 0.3) is 5.69 Å². The molecule has 0 spiro atoms. The summed E-state index contributed by atoms with van der Waals surface area (Å²) in [7, 11) is 2.13. The van der Waals surface area contributed by atoms with Crippen molar-refractivity contribution < 1.29 is 0 Å². The number of nitrogens with zero attached hydrogens (tertiary/aromatic N) is 5. The van der Waals surface area contributed by atoms with E-state index in [9.17, 15) is 0 Å². The van der Waals surface area contributed by atoms with Crippen molar-refractivity contribution >= 4 is 17.8 Å². The lowest BCUT2D eigenvalue weighted by Crippen LogP contribution is -2.41. The molecular formula is C16H20ClN5. The molecule has 2 heterocycles. The third-order valence-electron chi connectivity index (χ3n) is 3.88. The van der Waals surface area contributed by atoms with Crippen LogP contribution in [0.3, 0.4) is 0 Å². The molecule has 1 fully saturated rings. The normalized spacial score (nSPS) is 16.6. The molecule has 0 radical (unpaired) electrons. The first-order valence-electron chi connectivity index (χ1n) is 7.43. The van der Waals surface area contributed by atoms with E-state index in [1.807, 2.05) is 43.5 Å². The third kappa shape index (κ3) is 3.15. The predicted molar refractivity (Wildman–Crippen MR) is 90.0 cm³/mol. The lowest BCUT2D eigenvalue weighted by atomic mass is 10.3. The van der Waals surface area contributed by atoms with E-state index in [1.54, 1.807) is 4.68 Å². The Bertz CT molecular complexity index is 657. The Hall–Kier alpha value is -1.85. The molecule has 0 saturated carbocycles. The number of aryl methyl sites for hydroxylation is 1. The molecule has 1 aromatic carbocycles. The van der Waals surface area contributed by atoms with Gasteiger partial charge in [0.2, 0.25) is 0 Å². The summed E-state index contributed by atoms with van der Waals surface area (Å²) >= 11 is 6.49. The average molecular weight is 318 g/mol. The molecular weight excluding hydrogens is 298 g/mol. The van der Waals surface area contributed by atoms with Crippen LogP contribution in [-0.2, 0) is 0 Å². The van der Waals surface area contributed by atoms with Gasteiger partial charge in [0, 0.05) is 26.2 Å². The van der Waals surface area contributed by atoms with Crippen molar-refractivity contribution in [3.8, 4) is 5.69 Å². The number of likely N-dealkylation sites (N-methyl/N-ethyl adjacent to an activating group) is 1. The molecule has 3 rings (SSSR count). The first kappa shape index (κ1) is 15.1. The van der Waals surface area contributed by atoms with Gasteiger partial charge in [0.05, 0.1) is 23.2 Å². The van der Waals surface area contributed by atoms with Crippen molar-refractivity contribution in [1.82, 2.24) is 19.7 Å². The van der Waals surface area contributed by atoms with Crippen LogP contribution >= 0.6 is 11.6 Å². The first-order valence-corrected chi connectivity index (χ1v) is 7.81. The molecule has 1 aliphatic rings. The Morgan fingerprint density at radius 1 is 1.14 bits per heavy atom. The van der Waals surface area contributed by atoms with Gasteiger partial charge in [-0.3, -0.25) is 5.01 Å². The van der Waals surface area contributed by atoms with Crippen molar-refractivity contribution in [3.63, 3.8) is 0 Å². The van der Waals surface area contributed by atoms with Crippen molar-refractivity contribution in [2.45, 2.75) is 6.92 Å². The number of hydrogen-bond donors (Lipinski definition) is 0. The number of aromatic nitrogens is 2. The van der Waals surface area contributed by atoms with Gasteiger partial charge in [0.25, 0.3) is 0 Å². The van der Waals surface area contributed by atoms with Gasteiger partial charge in [-0.15, -0.1) is 0 Å². The number of benzene rings is 1. The number of para-hydroxylation sites is 1. The monoisotopic (exact) mass is 317 g/mol. The Morgan fingerprint density at radius 3 is 2.50 bits per heavy atom. The lowest BCUT2D eigenvalue weighted by Gasteiger charge is -2.30. The van der Waals surface area contributed by atoms with Crippen molar-refractivity contribution in [1.29, 1.82) is 0 Å². The van der Waals surface area contributed by atoms with E-state index < -0.39 is 0 Å². The highest BCUT2D eigenvalue weighted by molar-refractivity contribution is 6.32. The molecule has 0 aliphatic carbocycles. The smallest absolute Gasteiger partial charge is 0.142 e. The molecule has 1 aliphatic heterocycles. The molecule has 0 atom stereocenters. The second kappa shape index (κ2) is 6.50. The van der Waals surface area contributed by atoms with Gasteiger partial charge in [-0.2, -0.15) is 10.2 Å². The Morgan fingerprint density at radius 2 is 1.82 bits per heavy atom. The molecule has 0 N–H and O–H groups in total. The zero-order valence-electron chi connectivity index (χ0n) is 12.9. The summed E-state index contributed by atoms with van der Waals surface area (Å²) in [5, 5.41) is 11.8. The van der Waals surface area contributed by atoms with Crippen LogP contribution in [0.4, 0.5) is 0 Å². The molecule has 1 aromatic heterocycles. The fourth-order valence-corrected chi connectivity index (χ4v) is 2.77. The van der Waals surface area contributed by atoms with E-state index in [0.717, 1.165) is 43.1 Å². The Balaban J connectivity index is 1.81. The van der Waals surface area contributed by atoms with E-state index in [-0.39, 0.29) is 0 Å². The van der Waals surface area contributed by atoms with Gasteiger partial charge in [-0.05, 0) is 26.1 Å². The van der Waals surface area contributed by atoms with Gasteiger partial charge in [0.1, 0.15) is 5.15 Å². The van der Waals surface area contributed by atoms with Gasteiger partial charge >= 0.3 is 0 Å². The molecule has 0 bridgehead atoms. The molecule has 116 valence electrons. The molecule has 5 nitrogen and oxygen atoms in total. The van der Waals surface area contributed by atoms with Gasteiger partial charge < -0.3 is 4.90 Å². The number of hydrazone groups is 1. The maximum Gasteiger partial charge on any atom is 0.142 e. The maximum atomic E-state index is 6.49. The van der Waals surface area contributed by atoms with E-state index in [0.29, 0.717) is 5.15 Å². The van der Waals surface area contributed by atoms with Crippen LogP contribution in [0.2, 0.25) is 5.15 Å². The number of rotatable bonds is 3. The van der Waals surface area contributed by atoms with E-state index in [4.69, 9.17) is 11.6 Å². The summed E-state index contributed by atoms with van der Waals surface area (Å²) < 4.78 is 1.75. The molecule has 22 heavy (non-hydrogen) atoms. The Kier molecular flexibility index (Phi) is 4.45. The molecule has 1 saturated heterocycles. The van der Waals surface area contributed by atoms with Crippen molar-refractivity contribution in [2.24, 2.45) is 5.10 Å². The number of halogens is 1. The molecule has 2 aromatic rings. The second-order valence-electron chi connectivity index (χ2n) is 5.54. The molecule has 0 amide bonds. The lowest BCUT2D eigenvalue weighted by molar-refractivity contribution is 0.159. The minimum Gasteiger partial charge on any atom is -0.303 e. The van der Waals surface area contributed by atoms with E-state index in [2.05, 4.69) is 27.2 Å². The van der Waals surface area contributed by atoms with Crippen molar-refractivity contribution in [3.05, 3.63) is 46.7 Å². The largest absolute Gasteiger partial charge is 0.303 e. The first-order chi connectivity index (χ1) is 10.6. The minimum atomic E-state index is 0.599. The highest BCUT2D eigenvalue weighted by Gasteiger charge is 2.15. The standard InChI is InChI=1S/C16H20ClN5/c1-13-15(12-18-21-10-8-20(2)9-11-21)16(17)22(19-13)14-6-4-3-5-7-14/h3-7,12H,8-11H2,1-2H3/b18-12+. The van der Waals surface area contributed by atoms with Crippen LogP contribution in [-0.4, -0.2) is 59.1 Å². The Labute approximate surface area is 135 Å². The fourth-order valence-electron chi connectivity index (χ4n) is 2.45. The van der Waals surface area contributed by atoms with Crippen molar-refractivity contribution in [2.75, 3.05) is 33.2 Å². The summed E-state index contributed by atoms with van der Waals surface area (Å²) in [6, 6.07) is 9.89. The third-order valence-corrected chi connectivity index (χ3v) is 4.24. The number of piperazine rings is 1. The van der Waals surface area contributed by atoms with Gasteiger partial charge in [-0.25, -0.2) is 4.68 Å². The minimum absolute atomic E-state index is 0.599. The van der Waals surface area contributed by atoms with Crippen LogP contribution in [0, 0.1) is 6.92 Å². The van der Waals surface area contributed by atoms with Gasteiger partial charge in [-0.1, -0.05) is 29.8 Å². The van der Waals surface area contributed by atoms with E-state index in [1.165, 1.54) is 0 Å². The quantitative estimate of drug-likeness (QED) is 0.816. The number of hydrogen-bond acceptors (Lipinski definition) is 4. The van der Waals surface area contributed by atoms with Crippen LogP contribution in [0.15, 0.2) is 35.4 Å². The van der Waals surface area contributed by atoms with E-state index >= 15 is 0 Å². The summed E-state index contributed by atoms with van der Waals surface area (Å²) in [6.45, 7) is 5.91. The topological polar surface area (TPSA) is 36.7 Å². The summed E-state index contributed by atoms with van der Waals surface area (Å²) in [5.41, 5.74) is 2.71. The SMILES string of the molecule is Cc1nn(-c2ccccc2)c(Cl)c1/C=N/N1CCN(C)CC1. The zero-order valence-corrected chi connectivity index (χ0v) is 13.7. The predicted octanol–water partition coefficient (Wildman–Crippen LogP) is 2.42. The zero-order chi connectivity index (χ0) is 15.5. The highest BCUT2D eigenvalue weighted by atomic mass is 35.5. The summed E-state index contributed by atoms with van der Waals surface area (Å²) in [6.07, 6.45) is 1.83. The molecule has 0 unspecified atom stereocenters. The highest BCUT2D eigenvalue weighted by Crippen LogP contribution is 2.22. The van der Waals surface area contributed by atoms with Crippen LogP contribution in [0.1, 0.15) is 11.3 Å². The average Bonchev–Trinajstić information content (AvgIpc) is 2.82.